The van der Waals surface area contributed by atoms with Crippen LogP contribution in [0.2, 0.25) is 0 Å². The minimum atomic E-state index is 0.116. The Morgan fingerprint density at radius 1 is 1.54 bits per heavy atom. The molecule has 13 heavy (non-hydrogen) atoms. The maximum Gasteiger partial charge on any atom is 0.222 e. The molecule has 4 heteroatoms. The van der Waals surface area contributed by atoms with Gasteiger partial charge in [0.15, 0.2) is 0 Å². The van der Waals surface area contributed by atoms with E-state index < -0.39 is 0 Å². The van der Waals surface area contributed by atoms with Gasteiger partial charge in [-0.3, -0.25) is 0 Å². The largest absolute Gasteiger partial charge is 0.353 e. The molecule has 0 aromatic carbocycles. The highest BCUT2D eigenvalue weighted by molar-refractivity contribution is 5.28. The zero-order valence-electron chi connectivity index (χ0n) is 8.33. The summed E-state index contributed by atoms with van der Waals surface area (Å²) in [7, 11) is 0. The van der Waals surface area contributed by atoms with E-state index in [1.54, 1.807) is 0 Å². The molecule has 0 aliphatic rings. The van der Waals surface area contributed by atoms with Crippen molar-refractivity contribution in [3.63, 3.8) is 0 Å². The molecule has 0 saturated heterocycles. The Hall–Kier alpha value is -1.16. The smallest absolute Gasteiger partial charge is 0.222 e. The van der Waals surface area contributed by atoms with Crippen LogP contribution in [-0.4, -0.2) is 22.6 Å². The first-order chi connectivity index (χ1) is 6.09. The van der Waals surface area contributed by atoms with Crippen molar-refractivity contribution in [3.8, 4) is 0 Å². The molecule has 1 atom stereocenters. The Morgan fingerprint density at radius 3 is 2.77 bits per heavy atom. The molecule has 72 valence electrons. The van der Waals surface area contributed by atoms with Gasteiger partial charge in [0, 0.05) is 24.5 Å². The monoisotopic (exact) mass is 180 g/mol. The number of anilines is 1. The summed E-state index contributed by atoms with van der Waals surface area (Å²) in [6.07, 6.45) is 1.81. The number of nitrogens with zero attached hydrogens (tertiary/aromatic N) is 2. The van der Waals surface area contributed by atoms with Crippen LogP contribution in [0.25, 0.3) is 0 Å². The number of aryl methyl sites for hydroxylation is 2. The molecule has 1 heterocycles. The van der Waals surface area contributed by atoms with Crippen molar-refractivity contribution in [2.45, 2.75) is 26.8 Å². The Balaban J connectivity index is 2.63. The van der Waals surface area contributed by atoms with Gasteiger partial charge in [0.1, 0.15) is 0 Å². The van der Waals surface area contributed by atoms with E-state index in [9.17, 15) is 0 Å². The lowest BCUT2D eigenvalue weighted by Gasteiger charge is -2.08. The van der Waals surface area contributed by atoms with Crippen LogP contribution in [0.4, 0.5) is 5.95 Å². The van der Waals surface area contributed by atoms with Gasteiger partial charge in [0.25, 0.3) is 0 Å². The van der Waals surface area contributed by atoms with Gasteiger partial charge in [-0.05, 0) is 26.3 Å². The number of hydrogen-bond acceptors (Lipinski definition) is 4. The van der Waals surface area contributed by atoms with E-state index in [-0.39, 0.29) is 6.04 Å². The summed E-state index contributed by atoms with van der Waals surface area (Å²) in [5.41, 5.74) is 7.70. The molecule has 0 spiro atoms. The zero-order valence-corrected chi connectivity index (χ0v) is 8.33. The van der Waals surface area contributed by atoms with Gasteiger partial charge in [-0.15, -0.1) is 0 Å². The predicted octanol–water partition coefficient (Wildman–Crippen LogP) is 0.853. The number of hydrogen-bond donors (Lipinski definition) is 2. The average molecular weight is 180 g/mol. The van der Waals surface area contributed by atoms with Crippen molar-refractivity contribution < 1.29 is 0 Å². The van der Waals surface area contributed by atoms with E-state index in [4.69, 9.17) is 5.73 Å². The fourth-order valence-electron chi connectivity index (χ4n) is 0.865. The SMILES string of the molecule is Cc1cnc(NCC(C)N)nc1C. The minimum absolute atomic E-state index is 0.116. The maximum absolute atomic E-state index is 5.59. The molecule has 1 aromatic rings. The van der Waals surface area contributed by atoms with Crippen molar-refractivity contribution >= 4 is 5.95 Å². The normalized spacial score (nSPS) is 12.6. The summed E-state index contributed by atoms with van der Waals surface area (Å²) < 4.78 is 0. The molecular weight excluding hydrogens is 164 g/mol. The van der Waals surface area contributed by atoms with Crippen molar-refractivity contribution in [2.24, 2.45) is 5.73 Å². The van der Waals surface area contributed by atoms with E-state index in [1.165, 1.54) is 0 Å². The lowest BCUT2D eigenvalue weighted by molar-refractivity contribution is 0.772. The zero-order chi connectivity index (χ0) is 9.84. The Bertz CT molecular complexity index is 283. The first-order valence-corrected chi connectivity index (χ1v) is 4.39. The number of nitrogens with two attached hydrogens (primary N) is 1. The molecule has 0 radical (unpaired) electrons. The van der Waals surface area contributed by atoms with Gasteiger partial charge in [-0.1, -0.05) is 0 Å². The summed E-state index contributed by atoms with van der Waals surface area (Å²) in [6.45, 7) is 6.59. The second-order valence-electron chi connectivity index (χ2n) is 3.32. The first-order valence-electron chi connectivity index (χ1n) is 4.39. The van der Waals surface area contributed by atoms with Crippen LogP contribution in [0, 0.1) is 13.8 Å². The number of rotatable bonds is 3. The van der Waals surface area contributed by atoms with Crippen LogP contribution in [0.3, 0.4) is 0 Å². The van der Waals surface area contributed by atoms with Gasteiger partial charge in [0.2, 0.25) is 5.95 Å². The van der Waals surface area contributed by atoms with Gasteiger partial charge in [0.05, 0.1) is 0 Å². The molecular formula is C9H16N4. The van der Waals surface area contributed by atoms with Crippen LogP contribution in [0.1, 0.15) is 18.2 Å². The maximum atomic E-state index is 5.59. The average Bonchev–Trinajstić information content (AvgIpc) is 2.07. The Morgan fingerprint density at radius 2 is 2.23 bits per heavy atom. The first kappa shape index (κ1) is 9.92. The van der Waals surface area contributed by atoms with E-state index in [2.05, 4.69) is 15.3 Å². The second-order valence-corrected chi connectivity index (χ2v) is 3.32. The molecule has 4 nitrogen and oxygen atoms in total. The molecule has 1 rings (SSSR count). The molecule has 0 aliphatic heterocycles. The third-order valence-electron chi connectivity index (χ3n) is 1.81. The number of nitrogens with one attached hydrogen (secondary N) is 1. The molecule has 0 fully saturated rings. The van der Waals surface area contributed by atoms with Gasteiger partial charge >= 0.3 is 0 Å². The lowest BCUT2D eigenvalue weighted by atomic mass is 10.3. The van der Waals surface area contributed by atoms with Gasteiger partial charge < -0.3 is 11.1 Å². The highest BCUT2D eigenvalue weighted by Crippen LogP contribution is 2.04. The lowest BCUT2D eigenvalue weighted by Crippen LogP contribution is -2.26. The highest BCUT2D eigenvalue weighted by atomic mass is 15.1. The van der Waals surface area contributed by atoms with E-state index in [0.29, 0.717) is 12.5 Å². The topological polar surface area (TPSA) is 63.8 Å². The van der Waals surface area contributed by atoms with Crippen molar-refractivity contribution in [1.82, 2.24) is 9.97 Å². The summed E-state index contributed by atoms with van der Waals surface area (Å²) in [5, 5.41) is 3.06. The van der Waals surface area contributed by atoms with Crippen LogP contribution >= 0.6 is 0 Å². The fraction of sp³-hybridized carbons (Fsp3) is 0.556. The van der Waals surface area contributed by atoms with Crippen LogP contribution in [0.15, 0.2) is 6.20 Å². The molecule has 3 N–H and O–H groups in total. The van der Waals surface area contributed by atoms with E-state index >= 15 is 0 Å². The number of aromatic nitrogens is 2. The summed E-state index contributed by atoms with van der Waals surface area (Å²) in [4.78, 5) is 8.40. The Labute approximate surface area is 78.6 Å². The van der Waals surface area contributed by atoms with Crippen LogP contribution in [-0.2, 0) is 0 Å². The van der Waals surface area contributed by atoms with Crippen LogP contribution in [0.5, 0.6) is 0 Å². The van der Waals surface area contributed by atoms with E-state index in [1.807, 2.05) is 27.0 Å². The third-order valence-corrected chi connectivity index (χ3v) is 1.81. The minimum Gasteiger partial charge on any atom is -0.353 e. The third kappa shape index (κ3) is 2.99. The molecule has 1 unspecified atom stereocenters. The second kappa shape index (κ2) is 4.18. The Kier molecular flexibility index (Phi) is 3.19. The molecule has 0 aliphatic carbocycles. The van der Waals surface area contributed by atoms with Crippen molar-refractivity contribution in [3.05, 3.63) is 17.5 Å². The summed E-state index contributed by atoms with van der Waals surface area (Å²) in [5.74, 6) is 0.653. The molecule has 0 amide bonds. The quantitative estimate of drug-likeness (QED) is 0.724. The molecule has 0 bridgehead atoms. The van der Waals surface area contributed by atoms with Crippen molar-refractivity contribution in [1.29, 1.82) is 0 Å². The van der Waals surface area contributed by atoms with Crippen molar-refractivity contribution in [2.75, 3.05) is 11.9 Å². The standard InChI is InChI=1S/C9H16N4/c1-6-4-11-9(13-8(6)3)12-5-7(2)10/h4,7H,5,10H2,1-3H3,(H,11,12,13). The van der Waals surface area contributed by atoms with E-state index in [0.717, 1.165) is 11.3 Å². The molecule has 1 aromatic heterocycles. The van der Waals surface area contributed by atoms with Crippen LogP contribution < -0.4 is 11.1 Å². The highest BCUT2D eigenvalue weighted by Gasteiger charge is 1.99. The fourth-order valence-corrected chi connectivity index (χ4v) is 0.865. The molecule has 0 saturated carbocycles. The predicted molar refractivity (Wildman–Crippen MR) is 53.6 cm³/mol. The van der Waals surface area contributed by atoms with Gasteiger partial charge in [-0.25, -0.2) is 9.97 Å². The van der Waals surface area contributed by atoms with Gasteiger partial charge in [-0.2, -0.15) is 0 Å². The summed E-state index contributed by atoms with van der Waals surface area (Å²) >= 11 is 0. The summed E-state index contributed by atoms with van der Waals surface area (Å²) in [6, 6.07) is 0.116.